The Bertz CT molecular complexity index is 956. The summed E-state index contributed by atoms with van der Waals surface area (Å²) >= 11 is 0. The van der Waals surface area contributed by atoms with E-state index in [1.807, 2.05) is 16.8 Å². The van der Waals surface area contributed by atoms with Gasteiger partial charge in [-0.05, 0) is 56.4 Å². The molecule has 2 amide bonds. The molecule has 37 heavy (non-hydrogen) atoms. The van der Waals surface area contributed by atoms with Crippen molar-refractivity contribution in [3.05, 3.63) is 53.9 Å². The van der Waals surface area contributed by atoms with Gasteiger partial charge in [-0.25, -0.2) is 4.79 Å². The molecule has 3 N–H and O–H groups in total. The first-order valence-electron chi connectivity index (χ1n) is 13.6. The van der Waals surface area contributed by atoms with Crippen LogP contribution in [0.4, 0.5) is 0 Å². The lowest BCUT2D eigenvalue weighted by Crippen LogP contribution is -2.38. The Labute approximate surface area is 223 Å². The van der Waals surface area contributed by atoms with Crippen LogP contribution in [-0.2, 0) is 16.1 Å². The minimum absolute atomic E-state index is 0.113. The molecule has 7 nitrogen and oxygen atoms in total. The molecule has 206 valence electrons. The molecule has 1 unspecified atom stereocenters. The molecule has 0 aliphatic carbocycles. The highest BCUT2D eigenvalue weighted by Gasteiger charge is 2.20. The number of amides is 2. The molecule has 0 radical (unpaired) electrons. The summed E-state index contributed by atoms with van der Waals surface area (Å²) in [7, 11) is 1.41. The number of carboxylic acid groups (broad SMARTS) is 1. The maximum atomic E-state index is 12.2. The maximum Gasteiger partial charge on any atom is 0.337 e. The third kappa shape index (κ3) is 11.7. The standard InChI is InChI=1S/C30H47N3O4/c1-7-9-11-12-14-23(5)18-25(22(3)4)19-24(15-16-32-29(35)28(34)31-6)26-20-33(17-13-10-8-2)21-27(26)30(36)37/h8,18-22,25H,2,7,9-17H2,1,3-6H3,(H,31,34)(H,32,35)(H,36,37)/b23-18+,24-19-. The number of nitrogens with one attached hydrogen (secondary N) is 2. The first-order valence-corrected chi connectivity index (χ1v) is 13.6. The third-order valence-corrected chi connectivity index (χ3v) is 6.46. The number of aromatic nitrogens is 1. The zero-order chi connectivity index (χ0) is 27.8. The number of hydrogen-bond acceptors (Lipinski definition) is 3. The minimum atomic E-state index is -0.985. The Kier molecular flexibility index (Phi) is 15.0. The Morgan fingerprint density at radius 1 is 1.03 bits per heavy atom. The van der Waals surface area contributed by atoms with Crippen LogP contribution >= 0.6 is 0 Å². The van der Waals surface area contributed by atoms with E-state index in [1.54, 1.807) is 6.20 Å². The summed E-state index contributed by atoms with van der Waals surface area (Å²) in [5, 5.41) is 14.9. The highest BCUT2D eigenvalue weighted by molar-refractivity contribution is 6.35. The van der Waals surface area contributed by atoms with E-state index >= 15 is 0 Å². The fourth-order valence-corrected chi connectivity index (χ4v) is 4.20. The summed E-state index contributed by atoms with van der Waals surface area (Å²) in [6.45, 7) is 13.4. The lowest BCUT2D eigenvalue weighted by Gasteiger charge is -2.18. The number of aromatic carboxylic acids is 1. The quantitative estimate of drug-likeness (QED) is 0.136. The number of carboxylic acids is 1. The first kappa shape index (κ1) is 31.9. The number of carbonyl (C=O) groups excluding carboxylic acids is 2. The Balaban J connectivity index is 3.34. The lowest BCUT2D eigenvalue weighted by atomic mass is 9.88. The van der Waals surface area contributed by atoms with Crippen LogP contribution in [0.25, 0.3) is 5.57 Å². The SMILES string of the molecule is C=CCCCn1cc(C(=O)O)c(/C(=C\C(/C=C(\C)CCCCCC)C(C)C)CCNC(=O)C(=O)NC)c1. The van der Waals surface area contributed by atoms with Crippen LogP contribution in [0.3, 0.4) is 0 Å². The van der Waals surface area contributed by atoms with E-state index in [9.17, 15) is 19.5 Å². The number of likely N-dealkylation sites (N-methyl/N-ethyl adjacent to an activating group) is 1. The monoisotopic (exact) mass is 513 g/mol. The second-order valence-corrected chi connectivity index (χ2v) is 9.98. The van der Waals surface area contributed by atoms with Crippen molar-refractivity contribution in [2.24, 2.45) is 11.8 Å². The number of rotatable bonds is 17. The van der Waals surface area contributed by atoms with Gasteiger partial charge in [0.15, 0.2) is 0 Å². The largest absolute Gasteiger partial charge is 0.478 e. The van der Waals surface area contributed by atoms with E-state index in [0.717, 1.165) is 24.8 Å². The summed E-state index contributed by atoms with van der Waals surface area (Å²) in [6.07, 6.45) is 17.9. The molecule has 1 atom stereocenters. The molecule has 0 saturated carbocycles. The summed E-state index contributed by atoms with van der Waals surface area (Å²) < 4.78 is 1.92. The van der Waals surface area contributed by atoms with Crippen molar-refractivity contribution < 1.29 is 19.5 Å². The van der Waals surface area contributed by atoms with E-state index in [1.165, 1.54) is 38.3 Å². The predicted molar refractivity (Wildman–Crippen MR) is 151 cm³/mol. The van der Waals surface area contributed by atoms with Gasteiger partial charge >= 0.3 is 17.8 Å². The fourth-order valence-electron chi connectivity index (χ4n) is 4.20. The van der Waals surface area contributed by atoms with Crippen LogP contribution < -0.4 is 10.6 Å². The molecule has 0 spiro atoms. The van der Waals surface area contributed by atoms with Crippen molar-refractivity contribution in [2.75, 3.05) is 13.6 Å². The number of hydrogen-bond donors (Lipinski definition) is 3. The number of aryl methyl sites for hydroxylation is 1. The average molecular weight is 514 g/mol. The number of nitrogens with zero attached hydrogens (tertiary/aromatic N) is 1. The second kappa shape index (κ2) is 17.4. The van der Waals surface area contributed by atoms with Crippen molar-refractivity contribution in [3.63, 3.8) is 0 Å². The van der Waals surface area contributed by atoms with Gasteiger partial charge in [0.1, 0.15) is 0 Å². The summed E-state index contributed by atoms with van der Waals surface area (Å²) in [6, 6.07) is 0. The molecule has 1 aromatic rings. The summed E-state index contributed by atoms with van der Waals surface area (Å²) in [4.78, 5) is 35.8. The van der Waals surface area contributed by atoms with Crippen molar-refractivity contribution in [1.29, 1.82) is 0 Å². The van der Waals surface area contributed by atoms with Gasteiger partial charge in [-0.3, -0.25) is 9.59 Å². The highest BCUT2D eigenvalue weighted by Crippen LogP contribution is 2.29. The lowest BCUT2D eigenvalue weighted by molar-refractivity contribution is -0.138. The van der Waals surface area contributed by atoms with Gasteiger partial charge in [0.2, 0.25) is 0 Å². The normalized spacial score (nSPS) is 12.9. The molecule has 1 heterocycles. The van der Waals surface area contributed by atoms with Gasteiger partial charge in [0.05, 0.1) is 5.56 Å². The highest BCUT2D eigenvalue weighted by atomic mass is 16.4. The minimum Gasteiger partial charge on any atom is -0.478 e. The van der Waals surface area contributed by atoms with Crippen LogP contribution in [0, 0.1) is 11.8 Å². The predicted octanol–water partition coefficient (Wildman–Crippen LogP) is 5.98. The van der Waals surface area contributed by atoms with Gasteiger partial charge in [-0.1, -0.05) is 63.8 Å². The van der Waals surface area contributed by atoms with E-state index < -0.39 is 17.8 Å². The summed E-state index contributed by atoms with van der Waals surface area (Å²) in [5.41, 5.74) is 3.08. The van der Waals surface area contributed by atoms with Gasteiger partial charge < -0.3 is 20.3 Å². The number of allylic oxidation sites excluding steroid dienone is 4. The van der Waals surface area contributed by atoms with E-state index in [-0.39, 0.29) is 18.0 Å². The maximum absolute atomic E-state index is 12.2. The Morgan fingerprint density at radius 3 is 2.32 bits per heavy atom. The van der Waals surface area contributed by atoms with Crippen LogP contribution in [0.15, 0.2) is 42.8 Å². The average Bonchev–Trinajstić information content (AvgIpc) is 3.29. The van der Waals surface area contributed by atoms with Gasteiger partial charge in [-0.2, -0.15) is 0 Å². The van der Waals surface area contributed by atoms with E-state index in [4.69, 9.17) is 0 Å². The smallest absolute Gasteiger partial charge is 0.337 e. The topological polar surface area (TPSA) is 100 Å². The molecule has 0 fully saturated rings. The molecular formula is C30H47N3O4. The van der Waals surface area contributed by atoms with Crippen molar-refractivity contribution in [2.45, 2.75) is 85.6 Å². The molecule has 0 aromatic carbocycles. The molecule has 1 rings (SSSR count). The molecule has 0 aliphatic heterocycles. The van der Waals surface area contributed by atoms with Crippen LogP contribution in [0.5, 0.6) is 0 Å². The van der Waals surface area contributed by atoms with Gasteiger partial charge in [0.25, 0.3) is 0 Å². The van der Waals surface area contributed by atoms with Crippen LogP contribution in [-0.4, -0.2) is 41.0 Å². The zero-order valence-electron chi connectivity index (χ0n) is 23.4. The summed E-state index contributed by atoms with van der Waals surface area (Å²) in [5.74, 6) is -1.97. The molecule has 1 aromatic heterocycles. The Morgan fingerprint density at radius 2 is 1.73 bits per heavy atom. The van der Waals surface area contributed by atoms with Crippen molar-refractivity contribution >= 4 is 23.4 Å². The molecule has 7 heteroatoms. The van der Waals surface area contributed by atoms with Crippen molar-refractivity contribution in [1.82, 2.24) is 15.2 Å². The number of unbranched alkanes of at least 4 members (excludes halogenated alkanes) is 4. The Hall–Kier alpha value is -3.09. The van der Waals surface area contributed by atoms with Crippen LogP contribution in [0.2, 0.25) is 0 Å². The molecular weight excluding hydrogens is 466 g/mol. The molecule has 0 aliphatic rings. The zero-order valence-corrected chi connectivity index (χ0v) is 23.4. The van der Waals surface area contributed by atoms with Crippen molar-refractivity contribution in [3.8, 4) is 0 Å². The molecule has 0 bridgehead atoms. The fraction of sp³-hybridized carbons (Fsp3) is 0.567. The van der Waals surface area contributed by atoms with Crippen LogP contribution in [0.1, 0.15) is 95.0 Å². The second-order valence-electron chi connectivity index (χ2n) is 9.98. The number of carbonyl (C=O) groups is 3. The van der Waals surface area contributed by atoms with Gasteiger partial charge in [0, 0.05) is 38.1 Å². The first-order chi connectivity index (χ1) is 17.6. The van der Waals surface area contributed by atoms with E-state index in [0.29, 0.717) is 24.4 Å². The molecule has 0 saturated heterocycles. The van der Waals surface area contributed by atoms with E-state index in [2.05, 4.69) is 57.1 Å². The third-order valence-electron chi connectivity index (χ3n) is 6.46. The van der Waals surface area contributed by atoms with Gasteiger partial charge in [-0.15, -0.1) is 6.58 Å².